The summed E-state index contributed by atoms with van der Waals surface area (Å²) in [6.45, 7) is 13.0. The minimum atomic E-state index is -0.130. The van der Waals surface area contributed by atoms with Crippen molar-refractivity contribution in [3.05, 3.63) is 83.7 Å². The Bertz CT molecular complexity index is 1140. The quantitative estimate of drug-likeness (QED) is 0.625. The number of aromatic nitrogens is 1. The molecular weight excluding hydrogens is 418 g/mol. The minimum Gasteiger partial charge on any atom is -0.368 e. The van der Waals surface area contributed by atoms with Crippen LogP contribution in [0.25, 0.3) is 0 Å². The molecule has 5 nitrogen and oxygen atoms in total. The maximum atomic E-state index is 4.84. The zero-order valence-corrected chi connectivity index (χ0v) is 20.8. The van der Waals surface area contributed by atoms with Crippen LogP contribution in [0.3, 0.4) is 0 Å². The second kappa shape index (κ2) is 8.86. The summed E-state index contributed by atoms with van der Waals surface area (Å²) in [4.78, 5) is 9.09. The highest BCUT2D eigenvalue weighted by atomic mass is 15.4. The number of allylic oxidation sites excluding steroid dienone is 3. The zero-order valence-electron chi connectivity index (χ0n) is 20.8. The fourth-order valence-electron chi connectivity index (χ4n) is 5.25. The van der Waals surface area contributed by atoms with Crippen LogP contribution in [-0.4, -0.2) is 47.6 Å². The van der Waals surface area contributed by atoms with E-state index in [0.29, 0.717) is 0 Å². The molecule has 0 spiro atoms. The lowest BCUT2D eigenvalue weighted by molar-refractivity contribution is 0.344. The van der Waals surface area contributed by atoms with Crippen LogP contribution in [0.4, 0.5) is 5.69 Å². The molecule has 3 aliphatic rings. The molecule has 0 N–H and O–H groups in total. The van der Waals surface area contributed by atoms with Crippen molar-refractivity contribution in [2.24, 2.45) is 15.6 Å². The second-order valence-electron chi connectivity index (χ2n) is 10.8. The summed E-state index contributed by atoms with van der Waals surface area (Å²) in [6.07, 6.45) is 12.1. The molecule has 34 heavy (non-hydrogen) atoms. The van der Waals surface area contributed by atoms with E-state index in [4.69, 9.17) is 10.2 Å². The van der Waals surface area contributed by atoms with E-state index in [1.807, 2.05) is 12.4 Å². The van der Waals surface area contributed by atoms with Gasteiger partial charge in [-0.15, -0.1) is 5.10 Å². The molecule has 1 aromatic carbocycles. The van der Waals surface area contributed by atoms with Crippen molar-refractivity contribution >= 4 is 17.2 Å². The molecule has 0 saturated carbocycles. The van der Waals surface area contributed by atoms with E-state index in [9.17, 15) is 0 Å². The Kier molecular flexibility index (Phi) is 5.88. The van der Waals surface area contributed by atoms with E-state index in [0.717, 1.165) is 50.6 Å². The first-order valence-corrected chi connectivity index (χ1v) is 12.4. The summed E-state index contributed by atoms with van der Waals surface area (Å²) in [5, 5.41) is 9.59. The first-order valence-electron chi connectivity index (χ1n) is 12.4. The third kappa shape index (κ3) is 4.31. The lowest BCUT2D eigenvalue weighted by Crippen LogP contribution is -2.54. The number of pyridine rings is 1. The van der Waals surface area contributed by atoms with Crippen molar-refractivity contribution in [1.82, 2.24) is 9.88 Å². The zero-order chi connectivity index (χ0) is 23.8. The number of hydrogen-bond acceptors (Lipinski definition) is 5. The maximum Gasteiger partial charge on any atom is 0.138 e. The summed E-state index contributed by atoms with van der Waals surface area (Å²) in [6, 6.07) is 13.2. The van der Waals surface area contributed by atoms with Crippen LogP contribution in [0.5, 0.6) is 0 Å². The highest BCUT2D eigenvalue weighted by Crippen LogP contribution is 2.41. The van der Waals surface area contributed by atoms with E-state index in [1.54, 1.807) is 0 Å². The minimum absolute atomic E-state index is 0.130. The van der Waals surface area contributed by atoms with Crippen molar-refractivity contribution in [2.45, 2.75) is 46.0 Å². The summed E-state index contributed by atoms with van der Waals surface area (Å²) in [5.41, 5.74) is 6.33. The number of nitrogens with zero attached hydrogens (tertiary/aromatic N) is 5. The van der Waals surface area contributed by atoms with E-state index in [1.165, 1.54) is 22.4 Å². The molecule has 2 aromatic rings. The third-order valence-corrected chi connectivity index (χ3v) is 7.39. The number of rotatable bonds is 3. The Morgan fingerprint density at radius 1 is 0.882 bits per heavy atom. The molecule has 176 valence electrons. The van der Waals surface area contributed by atoms with E-state index >= 15 is 0 Å². The number of anilines is 1. The van der Waals surface area contributed by atoms with Gasteiger partial charge in [0.05, 0.1) is 11.1 Å². The summed E-state index contributed by atoms with van der Waals surface area (Å²) < 4.78 is 0. The fourth-order valence-corrected chi connectivity index (χ4v) is 5.25. The third-order valence-electron chi connectivity index (χ3n) is 7.39. The molecule has 5 rings (SSSR count). The Hall–Kier alpha value is -3.21. The van der Waals surface area contributed by atoms with Crippen LogP contribution in [0.15, 0.2) is 82.8 Å². The van der Waals surface area contributed by atoms with Crippen LogP contribution in [-0.2, 0) is 11.8 Å². The standard InChI is InChI=1S/C29H35N5/c1-28(2,3)23-8-10-24(11-9-23)33-17-19-34(20-18-33)27-29(4)14-6-5-7-25(29)26(31-32-27)21-22-12-15-30-16-13-22/h5-13,15-16H,14,17-21H2,1-4H3. The van der Waals surface area contributed by atoms with Crippen LogP contribution >= 0.6 is 0 Å². The molecular formula is C29H35N5. The Morgan fingerprint density at radius 3 is 2.24 bits per heavy atom. The van der Waals surface area contributed by atoms with Gasteiger partial charge >= 0.3 is 0 Å². The number of benzene rings is 1. The second-order valence-corrected chi connectivity index (χ2v) is 10.8. The van der Waals surface area contributed by atoms with Gasteiger partial charge in [0.15, 0.2) is 0 Å². The normalized spacial score (nSPS) is 22.6. The highest BCUT2D eigenvalue weighted by molar-refractivity contribution is 6.11. The predicted octanol–water partition coefficient (Wildman–Crippen LogP) is 5.40. The van der Waals surface area contributed by atoms with Gasteiger partial charge in [0, 0.05) is 50.7 Å². The molecule has 1 unspecified atom stereocenters. The summed E-state index contributed by atoms with van der Waals surface area (Å²) >= 11 is 0. The lowest BCUT2D eigenvalue weighted by Gasteiger charge is -2.45. The van der Waals surface area contributed by atoms with Gasteiger partial charge in [-0.2, -0.15) is 5.10 Å². The van der Waals surface area contributed by atoms with Gasteiger partial charge < -0.3 is 9.80 Å². The van der Waals surface area contributed by atoms with Gasteiger partial charge in [-0.3, -0.25) is 4.98 Å². The smallest absolute Gasteiger partial charge is 0.138 e. The molecule has 3 heterocycles. The number of piperazine rings is 1. The Balaban J connectivity index is 1.33. The summed E-state index contributed by atoms with van der Waals surface area (Å²) in [5.74, 6) is 1.12. The van der Waals surface area contributed by atoms with E-state index in [2.05, 4.69) is 97.1 Å². The Labute approximate surface area is 203 Å². The SMILES string of the molecule is CC12CC=CC=C1C(Cc1ccncc1)=NN=C2N1CCN(c2ccc(C(C)(C)C)cc2)CC1. The predicted molar refractivity (Wildman–Crippen MR) is 142 cm³/mol. The van der Waals surface area contributed by atoms with Gasteiger partial charge in [0.1, 0.15) is 5.84 Å². The maximum absolute atomic E-state index is 4.84. The monoisotopic (exact) mass is 453 g/mol. The van der Waals surface area contributed by atoms with Gasteiger partial charge in [0.2, 0.25) is 0 Å². The van der Waals surface area contributed by atoms with Crippen molar-refractivity contribution in [2.75, 3.05) is 31.1 Å². The molecule has 2 aliphatic heterocycles. The molecule has 0 bridgehead atoms. The van der Waals surface area contributed by atoms with Crippen molar-refractivity contribution in [3.63, 3.8) is 0 Å². The largest absolute Gasteiger partial charge is 0.368 e. The van der Waals surface area contributed by atoms with E-state index in [-0.39, 0.29) is 10.8 Å². The van der Waals surface area contributed by atoms with Gasteiger partial charge in [-0.05, 0) is 59.7 Å². The first-order chi connectivity index (χ1) is 16.3. The number of hydrogen-bond donors (Lipinski definition) is 0. The van der Waals surface area contributed by atoms with Crippen molar-refractivity contribution in [1.29, 1.82) is 0 Å². The first kappa shape index (κ1) is 22.6. The molecule has 5 heteroatoms. The van der Waals surface area contributed by atoms with Gasteiger partial charge in [-0.25, -0.2) is 0 Å². The van der Waals surface area contributed by atoms with Gasteiger partial charge in [0.25, 0.3) is 0 Å². The van der Waals surface area contributed by atoms with Crippen molar-refractivity contribution < 1.29 is 0 Å². The topological polar surface area (TPSA) is 44.1 Å². The molecule has 1 saturated heterocycles. The van der Waals surface area contributed by atoms with Crippen molar-refractivity contribution in [3.8, 4) is 0 Å². The average Bonchev–Trinajstić information content (AvgIpc) is 2.84. The van der Waals surface area contributed by atoms with Crippen LogP contribution in [0.2, 0.25) is 0 Å². The molecule has 0 radical (unpaired) electrons. The molecule has 1 fully saturated rings. The number of amidine groups is 1. The number of fused-ring (bicyclic) bond motifs is 1. The average molecular weight is 454 g/mol. The summed E-state index contributed by atoms with van der Waals surface area (Å²) in [7, 11) is 0. The van der Waals surface area contributed by atoms with Gasteiger partial charge in [-0.1, -0.05) is 51.1 Å². The molecule has 1 aromatic heterocycles. The Morgan fingerprint density at radius 2 is 1.56 bits per heavy atom. The van der Waals surface area contributed by atoms with Crippen LogP contribution in [0.1, 0.15) is 45.2 Å². The fraction of sp³-hybridized carbons (Fsp3) is 0.414. The molecule has 1 aliphatic carbocycles. The van der Waals surface area contributed by atoms with Crippen LogP contribution < -0.4 is 4.90 Å². The van der Waals surface area contributed by atoms with Crippen LogP contribution in [0, 0.1) is 5.41 Å². The molecule has 0 amide bonds. The van der Waals surface area contributed by atoms with E-state index < -0.39 is 0 Å². The molecule has 1 atom stereocenters. The lowest BCUT2D eigenvalue weighted by atomic mass is 9.71. The highest BCUT2D eigenvalue weighted by Gasteiger charge is 2.43.